The Hall–Kier alpha value is -3.19. The van der Waals surface area contributed by atoms with Crippen LogP contribution in [-0.4, -0.2) is 21.2 Å². The maximum atomic E-state index is 13.8. The standard InChI is InChI=1S/C22H21FN2O3S/c1-15-4-9-19(10-5-15)29(26,27)20-11-7-18(8-12-20)25-24-16(2)17-6-13-22(28-3)21(23)14-17/h4-14,25H,1-3H3/b24-16-. The number of halogens is 1. The molecule has 0 aliphatic carbocycles. The number of hydrogen-bond donors (Lipinski definition) is 1. The van der Waals surface area contributed by atoms with E-state index in [1.54, 1.807) is 49.4 Å². The molecule has 5 nitrogen and oxygen atoms in total. The summed E-state index contributed by atoms with van der Waals surface area (Å²) in [5.74, 6) is -0.301. The lowest BCUT2D eigenvalue weighted by Crippen LogP contribution is -2.03. The Bertz CT molecular complexity index is 1140. The quantitative estimate of drug-likeness (QED) is 0.466. The van der Waals surface area contributed by atoms with Crippen LogP contribution in [0, 0.1) is 12.7 Å². The van der Waals surface area contributed by atoms with Crippen LogP contribution in [0.15, 0.2) is 81.6 Å². The van der Waals surface area contributed by atoms with Gasteiger partial charge in [-0.2, -0.15) is 5.10 Å². The first-order chi connectivity index (χ1) is 13.8. The van der Waals surface area contributed by atoms with Crippen LogP contribution in [0.2, 0.25) is 0 Å². The normalized spacial score (nSPS) is 11.9. The second-order valence-corrected chi connectivity index (χ2v) is 8.45. The number of hydrogen-bond acceptors (Lipinski definition) is 5. The Morgan fingerprint density at radius 2 is 1.55 bits per heavy atom. The van der Waals surface area contributed by atoms with Gasteiger partial charge in [0, 0.05) is 5.56 Å². The van der Waals surface area contributed by atoms with Crippen molar-refractivity contribution in [2.75, 3.05) is 12.5 Å². The summed E-state index contributed by atoms with van der Waals surface area (Å²) in [6.45, 7) is 3.64. The van der Waals surface area contributed by atoms with Gasteiger partial charge in [0.2, 0.25) is 9.84 Å². The van der Waals surface area contributed by atoms with Crippen molar-refractivity contribution in [2.24, 2.45) is 5.10 Å². The lowest BCUT2D eigenvalue weighted by Gasteiger charge is -2.08. The Labute approximate surface area is 169 Å². The molecule has 0 atom stereocenters. The van der Waals surface area contributed by atoms with Gasteiger partial charge in [-0.05, 0) is 68.4 Å². The number of nitrogens with zero attached hydrogens (tertiary/aromatic N) is 1. The highest BCUT2D eigenvalue weighted by Crippen LogP contribution is 2.23. The van der Waals surface area contributed by atoms with E-state index in [2.05, 4.69) is 10.5 Å². The van der Waals surface area contributed by atoms with Crippen molar-refractivity contribution in [1.29, 1.82) is 0 Å². The molecule has 29 heavy (non-hydrogen) atoms. The highest BCUT2D eigenvalue weighted by molar-refractivity contribution is 7.91. The summed E-state index contributed by atoms with van der Waals surface area (Å²) in [5, 5.41) is 4.23. The van der Waals surface area contributed by atoms with Crippen LogP contribution in [0.5, 0.6) is 5.75 Å². The fraction of sp³-hybridized carbons (Fsp3) is 0.136. The molecule has 150 valence electrons. The predicted octanol–water partition coefficient (Wildman–Crippen LogP) is 4.81. The first-order valence-corrected chi connectivity index (χ1v) is 10.4. The molecular formula is C22H21FN2O3S. The minimum Gasteiger partial charge on any atom is -0.494 e. The highest BCUT2D eigenvalue weighted by atomic mass is 32.2. The average Bonchev–Trinajstić information content (AvgIpc) is 2.72. The molecule has 0 saturated carbocycles. The molecule has 0 aliphatic rings. The molecule has 7 heteroatoms. The molecule has 0 heterocycles. The summed E-state index contributed by atoms with van der Waals surface area (Å²) >= 11 is 0. The number of anilines is 1. The lowest BCUT2D eigenvalue weighted by atomic mass is 10.1. The van der Waals surface area contributed by atoms with Crippen molar-refractivity contribution in [2.45, 2.75) is 23.6 Å². The molecule has 0 radical (unpaired) electrons. The van der Waals surface area contributed by atoms with Gasteiger partial charge >= 0.3 is 0 Å². The van der Waals surface area contributed by atoms with E-state index in [0.29, 0.717) is 17.0 Å². The van der Waals surface area contributed by atoms with Crippen molar-refractivity contribution in [3.63, 3.8) is 0 Å². The third-order valence-electron chi connectivity index (χ3n) is 4.42. The van der Waals surface area contributed by atoms with E-state index < -0.39 is 15.7 Å². The van der Waals surface area contributed by atoms with Gasteiger partial charge in [0.15, 0.2) is 11.6 Å². The smallest absolute Gasteiger partial charge is 0.206 e. The average molecular weight is 412 g/mol. The van der Waals surface area contributed by atoms with E-state index in [1.165, 1.54) is 31.4 Å². The van der Waals surface area contributed by atoms with Gasteiger partial charge in [0.25, 0.3) is 0 Å². The van der Waals surface area contributed by atoms with Crippen molar-refractivity contribution in [3.05, 3.63) is 83.7 Å². The molecule has 1 N–H and O–H groups in total. The van der Waals surface area contributed by atoms with E-state index in [-0.39, 0.29) is 15.5 Å². The van der Waals surface area contributed by atoms with E-state index in [1.807, 2.05) is 6.92 Å². The molecule has 0 aliphatic heterocycles. The van der Waals surface area contributed by atoms with Gasteiger partial charge in [0.1, 0.15) is 0 Å². The number of rotatable bonds is 6. The summed E-state index contributed by atoms with van der Waals surface area (Å²) in [4.78, 5) is 0.448. The third kappa shape index (κ3) is 4.63. The number of sulfone groups is 1. The van der Waals surface area contributed by atoms with Gasteiger partial charge in [-0.1, -0.05) is 17.7 Å². The van der Waals surface area contributed by atoms with E-state index >= 15 is 0 Å². The summed E-state index contributed by atoms with van der Waals surface area (Å²) in [5.41, 5.74) is 5.64. The van der Waals surface area contributed by atoms with Crippen LogP contribution in [0.1, 0.15) is 18.1 Å². The molecule has 0 amide bonds. The predicted molar refractivity (Wildman–Crippen MR) is 112 cm³/mol. The number of benzene rings is 3. The van der Waals surface area contributed by atoms with Crippen molar-refractivity contribution in [3.8, 4) is 5.75 Å². The maximum Gasteiger partial charge on any atom is 0.206 e. The highest BCUT2D eigenvalue weighted by Gasteiger charge is 2.17. The number of nitrogens with one attached hydrogen (secondary N) is 1. The number of hydrazone groups is 1. The number of methoxy groups -OCH3 is 1. The van der Waals surface area contributed by atoms with Crippen LogP contribution in [-0.2, 0) is 9.84 Å². The molecule has 3 aromatic rings. The Morgan fingerprint density at radius 3 is 2.10 bits per heavy atom. The zero-order valence-electron chi connectivity index (χ0n) is 16.3. The minimum absolute atomic E-state index is 0.167. The van der Waals surface area contributed by atoms with Crippen LogP contribution in [0.3, 0.4) is 0 Å². The summed E-state index contributed by atoms with van der Waals surface area (Å²) in [7, 11) is -2.17. The maximum absolute atomic E-state index is 13.8. The molecule has 0 bridgehead atoms. The van der Waals surface area contributed by atoms with Crippen molar-refractivity contribution >= 4 is 21.2 Å². The molecule has 0 aromatic heterocycles. The fourth-order valence-corrected chi connectivity index (χ4v) is 3.93. The van der Waals surface area contributed by atoms with Crippen molar-refractivity contribution < 1.29 is 17.5 Å². The molecule has 0 saturated heterocycles. The zero-order chi connectivity index (χ0) is 21.0. The number of aryl methyl sites for hydroxylation is 1. The Morgan fingerprint density at radius 1 is 0.966 bits per heavy atom. The lowest BCUT2D eigenvalue weighted by molar-refractivity contribution is 0.386. The third-order valence-corrected chi connectivity index (χ3v) is 6.20. The van der Waals surface area contributed by atoms with E-state index in [4.69, 9.17) is 4.74 Å². The summed E-state index contributed by atoms with van der Waals surface area (Å²) < 4.78 is 44.1. The largest absolute Gasteiger partial charge is 0.494 e. The van der Waals surface area contributed by atoms with Gasteiger partial charge in [-0.3, -0.25) is 5.43 Å². The minimum atomic E-state index is -3.58. The monoisotopic (exact) mass is 412 g/mol. The first kappa shape index (κ1) is 20.5. The van der Waals surface area contributed by atoms with Gasteiger partial charge < -0.3 is 4.74 Å². The van der Waals surface area contributed by atoms with E-state index in [9.17, 15) is 12.8 Å². The van der Waals surface area contributed by atoms with Gasteiger partial charge in [-0.15, -0.1) is 0 Å². The molecular weight excluding hydrogens is 391 g/mol. The summed E-state index contributed by atoms with van der Waals surface area (Å²) in [6.07, 6.45) is 0. The molecule has 0 fully saturated rings. The second-order valence-electron chi connectivity index (χ2n) is 6.50. The molecule has 3 aromatic carbocycles. The Kier molecular flexibility index (Phi) is 5.98. The molecule has 0 spiro atoms. The SMILES string of the molecule is COc1ccc(/C(C)=N\Nc2ccc(S(=O)(=O)c3ccc(C)cc3)cc2)cc1F. The first-order valence-electron chi connectivity index (χ1n) is 8.87. The summed E-state index contributed by atoms with van der Waals surface area (Å²) in [6, 6.07) is 17.6. The van der Waals surface area contributed by atoms with E-state index in [0.717, 1.165) is 5.56 Å². The molecule has 3 rings (SSSR count). The van der Waals surface area contributed by atoms with Gasteiger partial charge in [0.05, 0.1) is 28.3 Å². The Balaban J connectivity index is 1.76. The second kappa shape index (κ2) is 8.45. The topological polar surface area (TPSA) is 67.8 Å². The van der Waals surface area contributed by atoms with Crippen LogP contribution in [0.25, 0.3) is 0 Å². The van der Waals surface area contributed by atoms with Crippen LogP contribution < -0.4 is 10.2 Å². The van der Waals surface area contributed by atoms with Crippen LogP contribution in [0.4, 0.5) is 10.1 Å². The number of ether oxygens (including phenoxy) is 1. The van der Waals surface area contributed by atoms with Crippen LogP contribution >= 0.6 is 0 Å². The zero-order valence-corrected chi connectivity index (χ0v) is 17.1. The molecule has 0 unspecified atom stereocenters. The van der Waals surface area contributed by atoms with Gasteiger partial charge in [-0.25, -0.2) is 12.8 Å². The van der Waals surface area contributed by atoms with Crippen molar-refractivity contribution in [1.82, 2.24) is 0 Å². The fourth-order valence-electron chi connectivity index (χ4n) is 2.67.